The van der Waals surface area contributed by atoms with E-state index in [1.165, 1.54) is 24.3 Å². The zero-order chi connectivity index (χ0) is 18.8. The summed E-state index contributed by atoms with van der Waals surface area (Å²) >= 11 is 10.8. The van der Waals surface area contributed by atoms with Crippen LogP contribution in [0.2, 0.25) is 5.02 Å². The Balaban J connectivity index is 2.14. The van der Waals surface area contributed by atoms with Crippen molar-refractivity contribution in [2.24, 2.45) is 4.99 Å². The molecule has 0 unspecified atom stereocenters. The number of H-pyrrole nitrogens is 1. The molecule has 0 spiro atoms. The number of aromatic hydroxyl groups is 2. The van der Waals surface area contributed by atoms with Crippen LogP contribution < -0.4 is 5.56 Å². The third-order valence-electron chi connectivity index (χ3n) is 3.45. The minimum atomic E-state index is -0.652. The lowest BCUT2D eigenvalue weighted by atomic mass is 10.2. The average molecular weight is 392 g/mol. The molecule has 0 saturated carbocycles. The highest BCUT2D eigenvalue weighted by Gasteiger charge is 2.13. The molecule has 0 saturated heterocycles. The van der Waals surface area contributed by atoms with Gasteiger partial charge in [0.1, 0.15) is 17.1 Å². The highest BCUT2D eigenvalue weighted by Crippen LogP contribution is 2.24. The van der Waals surface area contributed by atoms with E-state index in [0.717, 1.165) is 16.8 Å². The summed E-state index contributed by atoms with van der Waals surface area (Å²) in [5.74, 6) is -1.10. The van der Waals surface area contributed by atoms with Gasteiger partial charge in [0.05, 0.1) is 16.4 Å². The monoisotopic (exact) mass is 391 g/mol. The summed E-state index contributed by atoms with van der Waals surface area (Å²) in [7, 11) is 0. The Morgan fingerprint density at radius 3 is 2.69 bits per heavy atom. The van der Waals surface area contributed by atoms with Crippen molar-refractivity contribution in [1.29, 1.82) is 0 Å². The molecular formula is C17H11ClFN3O3S. The third kappa shape index (κ3) is 3.51. The van der Waals surface area contributed by atoms with Gasteiger partial charge in [-0.2, -0.15) is 0 Å². The van der Waals surface area contributed by atoms with Crippen molar-refractivity contribution in [3.05, 3.63) is 74.0 Å². The standard InChI is InChI=1S/C17H11ClFN3O3S/c18-13-7-10(4-5-14(13)19)22-16(25)12(15(24)21-17(22)26)8-20-9-2-1-3-11(23)6-9/h1-8,23,25H,(H,21,24,26). The SMILES string of the molecule is O=c1[nH]c(=S)n(-c2ccc(F)c(Cl)c2)c(O)c1C=Nc1cccc(O)c1. The first-order chi connectivity index (χ1) is 12.4. The van der Waals surface area contributed by atoms with Crippen LogP contribution in [0.4, 0.5) is 10.1 Å². The number of aromatic amines is 1. The van der Waals surface area contributed by atoms with Crippen LogP contribution in [0.15, 0.2) is 52.3 Å². The van der Waals surface area contributed by atoms with Gasteiger partial charge in [-0.25, -0.2) is 4.39 Å². The van der Waals surface area contributed by atoms with Gasteiger partial charge >= 0.3 is 0 Å². The molecule has 6 nitrogen and oxygen atoms in total. The lowest BCUT2D eigenvalue weighted by Gasteiger charge is -2.11. The Labute approximate surface area is 156 Å². The molecule has 0 bridgehead atoms. The molecule has 9 heteroatoms. The number of aliphatic imine (C=N–C) groups is 1. The van der Waals surface area contributed by atoms with Crippen molar-refractivity contribution in [2.75, 3.05) is 0 Å². The second-order valence-corrected chi connectivity index (χ2v) is 6.00. The molecule has 0 aliphatic rings. The summed E-state index contributed by atoms with van der Waals surface area (Å²) in [6.07, 6.45) is 1.14. The normalized spacial score (nSPS) is 11.2. The van der Waals surface area contributed by atoms with E-state index < -0.39 is 17.3 Å². The zero-order valence-corrected chi connectivity index (χ0v) is 14.6. The van der Waals surface area contributed by atoms with Gasteiger partial charge < -0.3 is 10.2 Å². The van der Waals surface area contributed by atoms with Gasteiger partial charge in [-0.15, -0.1) is 0 Å². The summed E-state index contributed by atoms with van der Waals surface area (Å²) in [5.41, 5.74) is -0.173. The van der Waals surface area contributed by atoms with Crippen molar-refractivity contribution < 1.29 is 14.6 Å². The molecule has 0 aliphatic heterocycles. The Kier molecular flexibility index (Phi) is 4.88. The van der Waals surface area contributed by atoms with Gasteiger partial charge in [0, 0.05) is 12.3 Å². The molecule has 0 atom stereocenters. The predicted octanol–water partition coefficient (Wildman–Crippen LogP) is 3.85. The summed E-state index contributed by atoms with van der Waals surface area (Å²) in [5, 5.41) is 19.8. The Morgan fingerprint density at radius 2 is 2.00 bits per heavy atom. The first kappa shape index (κ1) is 17.8. The smallest absolute Gasteiger partial charge is 0.264 e. The molecular weight excluding hydrogens is 381 g/mol. The van der Waals surface area contributed by atoms with E-state index in [9.17, 15) is 19.4 Å². The number of hydrogen-bond donors (Lipinski definition) is 3. The molecule has 3 aromatic rings. The molecule has 132 valence electrons. The van der Waals surface area contributed by atoms with Gasteiger partial charge in [-0.3, -0.25) is 19.3 Å². The van der Waals surface area contributed by atoms with E-state index >= 15 is 0 Å². The summed E-state index contributed by atoms with van der Waals surface area (Å²) in [6.45, 7) is 0. The highest BCUT2D eigenvalue weighted by atomic mass is 35.5. The van der Waals surface area contributed by atoms with Crippen LogP contribution >= 0.6 is 23.8 Å². The van der Waals surface area contributed by atoms with Crippen molar-refractivity contribution in [3.8, 4) is 17.3 Å². The van der Waals surface area contributed by atoms with Crippen LogP contribution in [0.5, 0.6) is 11.6 Å². The summed E-state index contributed by atoms with van der Waals surface area (Å²) in [6, 6.07) is 9.78. The Bertz CT molecular complexity index is 1140. The quantitative estimate of drug-likeness (QED) is 0.467. The van der Waals surface area contributed by atoms with Crippen molar-refractivity contribution in [3.63, 3.8) is 0 Å². The molecule has 2 aromatic carbocycles. The molecule has 1 aromatic heterocycles. The second kappa shape index (κ2) is 7.11. The van der Waals surface area contributed by atoms with E-state index in [1.807, 2.05) is 0 Å². The highest BCUT2D eigenvalue weighted by molar-refractivity contribution is 7.71. The van der Waals surface area contributed by atoms with Gasteiger partial charge in [0.2, 0.25) is 5.88 Å². The van der Waals surface area contributed by atoms with Crippen molar-refractivity contribution in [1.82, 2.24) is 9.55 Å². The van der Waals surface area contributed by atoms with Crippen LogP contribution in [-0.4, -0.2) is 26.0 Å². The van der Waals surface area contributed by atoms with Crippen molar-refractivity contribution in [2.45, 2.75) is 0 Å². The lowest BCUT2D eigenvalue weighted by molar-refractivity contribution is 0.432. The molecule has 0 aliphatic carbocycles. The third-order valence-corrected chi connectivity index (χ3v) is 4.03. The molecule has 0 amide bonds. The molecule has 3 N–H and O–H groups in total. The first-order valence-corrected chi connectivity index (χ1v) is 8.02. The maximum atomic E-state index is 13.4. The fourth-order valence-electron chi connectivity index (χ4n) is 2.23. The Morgan fingerprint density at radius 1 is 1.23 bits per heavy atom. The van der Waals surface area contributed by atoms with E-state index in [4.69, 9.17) is 23.8 Å². The average Bonchev–Trinajstić information content (AvgIpc) is 2.57. The topological polar surface area (TPSA) is 90.6 Å². The molecule has 1 heterocycles. The fraction of sp³-hybridized carbons (Fsp3) is 0. The minimum Gasteiger partial charge on any atom is -0.508 e. The summed E-state index contributed by atoms with van der Waals surface area (Å²) < 4.78 is 14.4. The van der Waals surface area contributed by atoms with Crippen LogP contribution in [0, 0.1) is 10.6 Å². The summed E-state index contributed by atoms with van der Waals surface area (Å²) in [4.78, 5) is 18.6. The minimum absolute atomic E-state index is 0.00899. The Hall–Kier alpha value is -2.97. The van der Waals surface area contributed by atoms with E-state index in [0.29, 0.717) is 5.69 Å². The number of halogens is 2. The number of hydrogen-bond acceptors (Lipinski definition) is 5. The number of nitrogens with one attached hydrogen (secondary N) is 1. The lowest BCUT2D eigenvalue weighted by Crippen LogP contribution is -2.18. The molecule has 3 rings (SSSR count). The maximum absolute atomic E-state index is 13.4. The number of rotatable bonds is 3. The van der Waals surface area contributed by atoms with Crippen LogP contribution in [0.3, 0.4) is 0 Å². The first-order valence-electron chi connectivity index (χ1n) is 7.23. The molecule has 0 radical (unpaired) electrons. The largest absolute Gasteiger partial charge is 0.508 e. The van der Waals surface area contributed by atoms with Crippen molar-refractivity contribution >= 4 is 35.7 Å². The van der Waals surface area contributed by atoms with Gasteiger partial charge in [-0.05, 0) is 42.5 Å². The zero-order valence-electron chi connectivity index (χ0n) is 13.0. The number of aromatic nitrogens is 2. The van der Waals surface area contributed by atoms with Gasteiger partial charge in [0.25, 0.3) is 5.56 Å². The number of phenolic OH excluding ortho intramolecular Hbond substituents is 1. The predicted molar refractivity (Wildman–Crippen MR) is 99.2 cm³/mol. The van der Waals surface area contributed by atoms with Gasteiger partial charge in [-0.1, -0.05) is 17.7 Å². The van der Waals surface area contributed by atoms with Crippen LogP contribution in [-0.2, 0) is 0 Å². The molecule has 26 heavy (non-hydrogen) atoms. The van der Waals surface area contributed by atoms with Crippen LogP contribution in [0.25, 0.3) is 5.69 Å². The van der Waals surface area contributed by atoms with E-state index in [1.54, 1.807) is 12.1 Å². The maximum Gasteiger partial charge on any atom is 0.264 e. The van der Waals surface area contributed by atoms with Crippen LogP contribution in [0.1, 0.15) is 5.56 Å². The number of nitrogens with zero attached hydrogens (tertiary/aromatic N) is 2. The number of benzene rings is 2. The van der Waals surface area contributed by atoms with E-state index in [-0.39, 0.29) is 26.8 Å². The fourth-order valence-corrected chi connectivity index (χ4v) is 2.69. The molecule has 0 fully saturated rings. The van der Waals surface area contributed by atoms with Gasteiger partial charge in [0.15, 0.2) is 4.77 Å². The van der Waals surface area contributed by atoms with E-state index in [2.05, 4.69) is 9.98 Å². The number of phenols is 1. The second-order valence-electron chi connectivity index (χ2n) is 5.21.